The van der Waals surface area contributed by atoms with Crippen molar-refractivity contribution < 1.29 is 24.4 Å². The summed E-state index contributed by atoms with van der Waals surface area (Å²) in [5.41, 5.74) is -0.559. The number of carboxylic acid groups (broad SMARTS) is 1. The van der Waals surface area contributed by atoms with Crippen LogP contribution in [-0.4, -0.2) is 40.4 Å². The Balaban J connectivity index is 2.65. The lowest BCUT2D eigenvalue weighted by atomic mass is 10.1. The summed E-state index contributed by atoms with van der Waals surface area (Å²) in [6.07, 6.45) is 0. The highest BCUT2D eigenvalue weighted by atomic mass is 16.6. The first kappa shape index (κ1) is 16.1. The average Bonchev–Trinajstić information content (AvgIpc) is 2.44. The summed E-state index contributed by atoms with van der Waals surface area (Å²) in [5, 5.41) is 23.7. The van der Waals surface area contributed by atoms with Crippen molar-refractivity contribution in [3.63, 3.8) is 0 Å². The van der Waals surface area contributed by atoms with Crippen LogP contribution in [0.2, 0.25) is 0 Å². The van der Waals surface area contributed by atoms with E-state index in [1.807, 2.05) is 0 Å². The fraction of sp³-hybridized carbons (Fsp3) is 0.250. The molecule has 9 nitrogen and oxygen atoms in total. The van der Waals surface area contributed by atoms with Gasteiger partial charge in [-0.2, -0.15) is 0 Å². The molecule has 0 fully saturated rings. The molecule has 2 amide bonds. The van der Waals surface area contributed by atoms with Gasteiger partial charge in [0.15, 0.2) is 0 Å². The topological polar surface area (TPSA) is 139 Å². The van der Waals surface area contributed by atoms with Gasteiger partial charge in [0.25, 0.3) is 11.6 Å². The Bertz CT molecular complexity index is 586. The number of benzene rings is 1. The van der Waals surface area contributed by atoms with Gasteiger partial charge in [0.2, 0.25) is 5.91 Å². The number of rotatable bonds is 6. The number of nitrogens with one attached hydrogen (secondary N) is 2. The lowest BCUT2D eigenvalue weighted by molar-refractivity contribution is -0.385. The van der Waals surface area contributed by atoms with Crippen LogP contribution >= 0.6 is 0 Å². The molecule has 0 aliphatic heterocycles. The maximum atomic E-state index is 11.8. The van der Waals surface area contributed by atoms with E-state index in [1.54, 1.807) is 0 Å². The summed E-state index contributed by atoms with van der Waals surface area (Å²) in [6.45, 7) is 0.784. The second-order valence-electron chi connectivity index (χ2n) is 4.08. The van der Waals surface area contributed by atoms with E-state index in [0.29, 0.717) is 0 Å². The fourth-order valence-electron chi connectivity index (χ4n) is 1.43. The number of nitrogens with zero attached hydrogens (tertiary/aromatic N) is 1. The van der Waals surface area contributed by atoms with Crippen LogP contribution in [0.25, 0.3) is 0 Å². The van der Waals surface area contributed by atoms with Crippen molar-refractivity contribution in [2.75, 3.05) is 6.54 Å². The Morgan fingerprint density at radius 1 is 1.33 bits per heavy atom. The molecule has 0 aliphatic rings. The number of aliphatic carboxylic acids is 1. The Morgan fingerprint density at radius 2 is 1.95 bits per heavy atom. The predicted octanol–water partition coefficient (Wildman–Crippen LogP) is -0.0861. The zero-order chi connectivity index (χ0) is 16.0. The molecule has 0 saturated heterocycles. The van der Waals surface area contributed by atoms with Crippen LogP contribution in [0.3, 0.4) is 0 Å². The highest BCUT2D eigenvalue weighted by molar-refractivity contribution is 6.00. The van der Waals surface area contributed by atoms with Gasteiger partial charge in [0.1, 0.15) is 11.6 Å². The van der Waals surface area contributed by atoms with Crippen LogP contribution in [0.4, 0.5) is 5.69 Å². The maximum Gasteiger partial charge on any atom is 0.325 e. The van der Waals surface area contributed by atoms with Crippen LogP contribution in [0.5, 0.6) is 0 Å². The predicted molar refractivity (Wildman–Crippen MR) is 70.7 cm³/mol. The van der Waals surface area contributed by atoms with Gasteiger partial charge < -0.3 is 15.7 Å². The van der Waals surface area contributed by atoms with Gasteiger partial charge >= 0.3 is 5.97 Å². The first-order valence-electron chi connectivity index (χ1n) is 5.86. The molecule has 112 valence electrons. The first-order chi connectivity index (χ1) is 9.82. The molecule has 1 atom stereocenters. The highest BCUT2D eigenvalue weighted by Gasteiger charge is 2.20. The van der Waals surface area contributed by atoms with E-state index >= 15 is 0 Å². The minimum atomic E-state index is -1.21. The zero-order valence-corrected chi connectivity index (χ0v) is 11.0. The molecule has 0 unspecified atom stereocenters. The Kier molecular flexibility index (Phi) is 5.35. The fourth-order valence-corrected chi connectivity index (χ4v) is 1.43. The molecule has 1 aromatic carbocycles. The van der Waals surface area contributed by atoms with Crippen molar-refractivity contribution in [1.29, 1.82) is 0 Å². The highest BCUT2D eigenvalue weighted by Crippen LogP contribution is 2.16. The Labute approximate surface area is 119 Å². The summed E-state index contributed by atoms with van der Waals surface area (Å²) in [7, 11) is 0. The Hall–Kier alpha value is -2.97. The smallest absolute Gasteiger partial charge is 0.325 e. The number of carbonyl (C=O) groups excluding carboxylic acids is 2. The van der Waals surface area contributed by atoms with Crippen molar-refractivity contribution in [2.45, 2.75) is 13.0 Å². The van der Waals surface area contributed by atoms with Crippen molar-refractivity contribution in [1.82, 2.24) is 10.6 Å². The van der Waals surface area contributed by atoms with Crippen LogP contribution in [0.15, 0.2) is 24.3 Å². The van der Waals surface area contributed by atoms with Gasteiger partial charge in [-0.1, -0.05) is 12.1 Å². The van der Waals surface area contributed by atoms with Crippen molar-refractivity contribution >= 4 is 23.5 Å². The summed E-state index contributed by atoms with van der Waals surface area (Å²) in [4.78, 5) is 43.8. The van der Waals surface area contributed by atoms with Crippen LogP contribution in [0, 0.1) is 10.1 Å². The number of para-hydroxylation sites is 1. The number of carboxylic acids is 1. The standard InChI is InChI=1S/C12H13N3O6/c1-7(12(18)19)14-10(16)6-13-11(17)8-4-2-3-5-9(8)15(20)21/h2-5,7H,6H2,1H3,(H,13,17)(H,14,16)(H,18,19)/t7-/m0/s1. The van der Waals surface area contributed by atoms with E-state index in [1.165, 1.54) is 31.2 Å². The lowest BCUT2D eigenvalue weighted by Gasteiger charge is -2.10. The van der Waals surface area contributed by atoms with Gasteiger partial charge in [-0.25, -0.2) is 0 Å². The number of amides is 2. The molecular formula is C12H13N3O6. The molecule has 1 aromatic rings. The third-order valence-electron chi connectivity index (χ3n) is 2.50. The minimum Gasteiger partial charge on any atom is -0.480 e. The van der Waals surface area contributed by atoms with E-state index < -0.39 is 35.3 Å². The molecule has 0 bridgehead atoms. The average molecular weight is 295 g/mol. The first-order valence-corrected chi connectivity index (χ1v) is 5.86. The molecular weight excluding hydrogens is 282 g/mol. The van der Waals surface area contributed by atoms with E-state index in [0.717, 1.165) is 0 Å². The van der Waals surface area contributed by atoms with Crippen molar-refractivity contribution in [2.24, 2.45) is 0 Å². The Morgan fingerprint density at radius 3 is 2.52 bits per heavy atom. The second-order valence-corrected chi connectivity index (χ2v) is 4.08. The second kappa shape index (κ2) is 6.98. The molecule has 0 saturated carbocycles. The lowest BCUT2D eigenvalue weighted by Crippen LogP contribution is -2.44. The molecule has 9 heteroatoms. The molecule has 21 heavy (non-hydrogen) atoms. The normalized spacial score (nSPS) is 11.3. The quantitative estimate of drug-likeness (QED) is 0.495. The number of nitro benzene ring substituents is 1. The molecule has 3 N–H and O–H groups in total. The van der Waals surface area contributed by atoms with Crippen LogP contribution < -0.4 is 10.6 Å². The molecule has 0 heterocycles. The van der Waals surface area contributed by atoms with Crippen molar-refractivity contribution in [3.05, 3.63) is 39.9 Å². The van der Waals surface area contributed by atoms with Gasteiger partial charge in [-0.05, 0) is 13.0 Å². The zero-order valence-electron chi connectivity index (χ0n) is 11.0. The van der Waals surface area contributed by atoms with E-state index in [9.17, 15) is 24.5 Å². The summed E-state index contributed by atoms with van der Waals surface area (Å²) >= 11 is 0. The number of hydrogen-bond donors (Lipinski definition) is 3. The molecule has 0 aromatic heterocycles. The van der Waals surface area contributed by atoms with Crippen LogP contribution in [-0.2, 0) is 9.59 Å². The SMILES string of the molecule is C[C@H](NC(=O)CNC(=O)c1ccccc1[N+](=O)[O-])C(=O)O. The number of hydrogen-bond acceptors (Lipinski definition) is 5. The molecule has 0 aliphatic carbocycles. The summed E-state index contributed by atoms with van der Waals surface area (Å²) < 4.78 is 0. The molecule has 0 spiro atoms. The molecule has 1 rings (SSSR count). The van der Waals surface area contributed by atoms with Crippen LogP contribution in [0.1, 0.15) is 17.3 Å². The number of carbonyl (C=O) groups is 3. The van der Waals surface area contributed by atoms with Gasteiger partial charge in [0, 0.05) is 6.07 Å². The maximum absolute atomic E-state index is 11.8. The minimum absolute atomic E-state index is 0.179. The summed E-state index contributed by atoms with van der Waals surface area (Å²) in [5.74, 6) is -2.72. The third-order valence-corrected chi connectivity index (χ3v) is 2.50. The van der Waals surface area contributed by atoms with Gasteiger partial charge in [-0.3, -0.25) is 24.5 Å². The monoisotopic (exact) mass is 295 g/mol. The van der Waals surface area contributed by atoms with E-state index in [4.69, 9.17) is 5.11 Å². The number of nitro groups is 1. The van der Waals surface area contributed by atoms with E-state index in [-0.39, 0.29) is 11.3 Å². The third kappa shape index (κ3) is 4.56. The largest absolute Gasteiger partial charge is 0.480 e. The van der Waals surface area contributed by atoms with E-state index in [2.05, 4.69) is 10.6 Å². The summed E-state index contributed by atoms with van der Waals surface area (Å²) in [6, 6.07) is 4.19. The van der Waals surface area contributed by atoms with Gasteiger partial charge in [0.05, 0.1) is 11.5 Å². The van der Waals surface area contributed by atoms with Crippen molar-refractivity contribution in [3.8, 4) is 0 Å². The molecule has 0 radical (unpaired) electrons. The van der Waals surface area contributed by atoms with Gasteiger partial charge in [-0.15, -0.1) is 0 Å².